The van der Waals surface area contributed by atoms with Gasteiger partial charge in [0.1, 0.15) is 0 Å². The fraction of sp³-hybridized carbons (Fsp3) is 0.700. The molecular formula is C10H17N5O2S. The highest BCUT2D eigenvalue weighted by Crippen LogP contribution is 2.15. The number of hydrogen-bond acceptors (Lipinski definition) is 7. The van der Waals surface area contributed by atoms with E-state index in [1.807, 2.05) is 6.92 Å². The average Bonchev–Trinajstić information content (AvgIpc) is 2.66. The molecule has 0 bridgehead atoms. The van der Waals surface area contributed by atoms with Crippen LogP contribution in [0.5, 0.6) is 0 Å². The lowest BCUT2D eigenvalue weighted by Crippen LogP contribution is -2.21. The van der Waals surface area contributed by atoms with Crippen LogP contribution >= 0.6 is 0 Å². The second-order valence-electron chi connectivity index (χ2n) is 4.34. The minimum absolute atomic E-state index is 0.0780. The summed E-state index contributed by atoms with van der Waals surface area (Å²) in [5.41, 5.74) is 0. The average molecular weight is 271 g/mol. The van der Waals surface area contributed by atoms with Crippen LogP contribution < -0.4 is 10.6 Å². The summed E-state index contributed by atoms with van der Waals surface area (Å²) in [6.07, 6.45) is 3.09. The third-order valence-corrected chi connectivity index (χ3v) is 4.44. The third-order valence-electron chi connectivity index (χ3n) is 2.68. The summed E-state index contributed by atoms with van der Waals surface area (Å²) in [5.74, 6) is 1.42. The van der Waals surface area contributed by atoms with Crippen LogP contribution in [0.4, 0.5) is 11.8 Å². The van der Waals surface area contributed by atoms with Gasteiger partial charge in [0.05, 0.1) is 17.7 Å². The molecule has 1 atom stereocenters. The Morgan fingerprint density at radius 3 is 3.00 bits per heavy atom. The van der Waals surface area contributed by atoms with Crippen molar-refractivity contribution < 1.29 is 8.42 Å². The topological polar surface area (TPSA) is 96.9 Å². The van der Waals surface area contributed by atoms with Gasteiger partial charge in [-0.2, -0.15) is 10.1 Å². The van der Waals surface area contributed by atoms with E-state index >= 15 is 0 Å². The Kier molecular flexibility index (Phi) is 3.95. The number of aromatic nitrogens is 3. The molecule has 2 heterocycles. The molecule has 1 fully saturated rings. The molecule has 0 saturated carbocycles. The number of anilines is 2. The molecule has 0 aliphatic carbocycles. The summed E-state index contributed by atoms with van der Waals surface area (Å²) >= 11 is 0. The van der Waals surface area contributed by atoms with Gasteiger partial charge in [0.15, 0.2) is 15.7 Å². The van der Waals surface area contributed by atoms with Crippen molar-refractivity contribution in [1.29, 1.82) is 0 Å². The molecule has 8 heteroatoms. The zero-order valence-electron chi connectivity index (χ0n) is 10.3. The first-order valence-electron chi connectivity index (χ1n) is 5.99. The van der Waals surface area contributed by atoms with Crippen molar-refractivity contribution in [1.82, 2.24) is 15.2 Å². The fourth-order valence-corrected chi connectivity index (χ4v) is 3.48. The largest absolute Gasteiger partial charge is 0.365 e. The molecule has 0 aromatic carbocycles. The van der Waals surface area contributed by atoms with Crippen LogP contribution in [0.2, 0.25) is 0 Å². The van der Waals surface area contributed by atoms with Gasteiger partial charge in [-0.15, -0.1) is 5.10 Å². The van der Waals surface area contributed by atoms with Gasteiger partial charge in [-0.25, -0.2) is 8.42 Å². The molecule has 0 radical (unpaired) electrons. The first-order valence-corrected chi connectivity index (χ1v) is 7.82. The highest BCUT2D eigenvalue weighted by atomic mass is 32.2. The van der Waals surface area contributed by atoms with Gasteiger partial charge in [-0.1, -0.05) is 6.92 Å². The second kappa shape index (κ2) is 5.47. The van der Waals surface area contributed by atoms with Gasteiger partial charge in [0.25, 0.3) is 0 Å². The van der Waals surface area contributed by atoms with Gasteiger partial charge in [0, 0.05) is 12.6 Å². The van der Waals surface area contributed by atoms with Gasteiger partial charge in [-0.3, -0.25) is 0 Å². The molecule has 0 spiro atoms. The molecule has 1 aromatic heterocycles. The van der Waals surface area contributed by atoms with E-state index in [0.717, 1.165) is 13.0 Å². The zero-order valence-corrected chi connectivity index (χ0v) is 11.1. The van der Waals surface area contributed by atoms with Crippen molar-refractivity contribution in [2.75, 3.05) is 28.7 Å². The monoisotopic (exact) mass is 271 g/mol. The van der Waals surface area contributed by atoms with E-state index in [9.17, 15) is 8.42 Å². The van der Waals surface area contributed by atoms with Gasteiger partial charge in [-0.05, 0) is 12.8 Å². The summed E-state index contributed by atoms with van der Waals surface area (Å²) < 4.78 is 22.7. The lowest BCUT2D eigenvalue weighted by atomic mass is 10.3. The minimum atomic E-state index is -2.88. The van der Waals surface area contributed by atoms with Crippen LogP contribution in [-0.4, -0.2) is 47.7 Å². The molecule has 18 heavy (non-hydrogen) atoms. The van der Waals surface area contributed by atoms with E-state index in [1.54, 1.807) is 0 Å². The SMILES string of the molecule is CCCNc1nncc(NC2CCS(=O)(=O)C2)n1. The number of hydrogen-bond donors (Lipinski definition) is 2. The predicted molar refractivity (Wildman–Crippen MR) is 69.3 cm³/mol. The maximum Gasteiger partial charge on any atom is 0.244 e. The maximum atomic E-state index is 11.3. The van der Waals surface area contributed by atoms with E-state index < -0.39 is 9.84 Å². The summed E-state index contributed by atoms with van der Waals surface area (Å²) in [4.78, 5) is 4.23. The van der Waals surface area contributed by atoms with E-state index in [-0.39, 0.29) is 17.5 Å². The Bertz CT molecular complexity index is 505. The number of rotatable bonds is 5. The molecule has 2 rings (SSSR count). The smallest absolute Gasteiger partial charge is 0.244 e. The van der Waals surface area contributed by atoms with Gasteiger partial charge >= 0.3 is 0 Å². The highest BCUT2D eigenvalue weighted by molar-refractivity contribution is 7.91. The van der Waals surface area contributed by atoms with Crippen LogP contribution in [0.25, 0.3) is 0 Å². The van der Waals surface area contributed by atoms with E-state index in [0.29, 0.717) is 18.2 Å². The van der Waals surface area contributed by atoms with Crippen molar-refractivity contribution in [3.8, 4) is 0 Å². The van der Waals surface area contributed by atoms with Crippen LogP contribution in [0.3, 0.4) is 0 Å². The molecular weight excluding hydrogens is 254 g/mol. The van der Waals surface area contributed by atoms with Gasteiger partial charge in [0.2, 0.25) is 5.95 Å². The minimum Gasteiger partial charge on any atom is -0.365 e. The lowest BCUT2D eigenvalue weighted by molar-refractivity contribution is 0.602. The Labute approximate surface area is 106 Å². The van der Waals surface area contributed by atoms with E-state index in [4.69, 9.17) is 0 Å². The molecule has 1 unspecified atom stereocenters. The van der Waals surface area contributed by atoms with Crippen molar-refractivity contribution in [2.24, 2.45) is 0 Å². The van der Waals surface area contributed by atoms with Crippen LogP contribution in [0.1, 0.15) is 19.8 Å². The van der Waals surface area contributed by atoms with Gasteiger partial charge < -0.3 is 10.6 Å². The molecule has 7 nitrogen and oxygen atoms in total. The van der Waals surface area contributed by atoms with E-state index in [2.05, 4.69) is 25.8 Å². The standard InChI is InChI=1S/C10H17N5O2S/c1-2-4-11-10-14-9(6-12-15-10)13-8-3-5-18(16,17)7-8/h6,8H,2-5,7H2,1H3,(H2,11,13,14,15). The Morgan fingerprint density at radius 2 is 2.33 bits per heavy atom. The Balaban J connectivity index is 1.97. The van der Waals surface area contributed by atoms with Crippen LogP contribution in [0.15, 0.2) is 6.20 Å². The molecule has 100 valence electrons. The molecule has 1 aromatic rings. The van der Waals surface area contributed by atoms with Crippen molar-refractivity contribution in [3.63, 3.8) is 0 Å². The molecule has 1 aliphatic rings. The summed E-state index contributed by atoms with van der Waals surface area (Å²) in [7, 11) is -2.88. The molecule has 1 aliphatic heterocycles. The van der Waals surface area contributed by atoms with E-state index in [1.165, 1.54) is 6.20 Å². The quantitative estimate of drug-likeness (QED) is 0.794. The predicted octanol–water partition coefficient (Wildman–Crippen LogP) is 0.292. The molecule has 0 amide bonds. The normalized spacial score (nSPS) is 21.7. The van der Waals surface area contributed by atoms with Crippen molar-refractivity contribution >= 4 is 21.6 Å². The highest BCUT2D eigenvalue weighted by Gasteiger charge is 2.27. The summed E-state index contributed by atoms with van der Waals surface area (Å²) in [5, 5.41) is 13.8. The zero-order chi connectivity index (χ0) is 13.0. The molecule has 1 saturated heterocycles. The number of nitrogens with one attached hydrogen (secondary N) is 2. The number of nitrogens with zero attached hydrogens (tertiary/aromatic N) is 3. The summed E-state index contributed by atoms with van der Waals surface area (Å²) in [6.45, 7) is 2.83. The maximum absolute atomic E-state index is 11.3. The van der Waals surface area contributed by atoms with Crippen molar-refractivity contribution in [3.05, 3.63) is 6.20 Å². The van der Waals surface area contributed by atoms with Crippen LogP contribution in [-0.2, 0) is 9.84 Å². The fourth-order valence-electron chi connectivity index (χ4n) is 1.80. The lowest BCUT2D eigenvalue weighted by Gasteiger charge is -2.11. The van der Waals surface area contributed by atoms with Crippen molar-refractivity contribution in [2.45, 2.75) is 25.8 Å². The first-order chi connectivity index (χ1) is 8.59. The first kappa shape index (κ1) is 13.0. The summed E-state index contributed by atoms with van der Waals surface area (Å²) in [6, 6.07) is -0.0780. The van der Waals surface area contributed by atoms with Crippen LogP contribution in [0, 0.1) is 0 Å². The molecule has 2 N–H and O–H groups in total. The number of sulfone groups is 1. The Morgan fingerprint density at radius 1 is 1.50 bits per heavy atom. The second-order valence-corrected chi connectivity index (χ2v) is 6.57. The third kappa shape index (κ3) is 3.52. The Hall–Kier alpha value is -1.44.